The number of rotatable bonds is 7. The van der Waals surface area contributed by atoms with Crippen molar-refractivity contribution in [2.24, 2.45) is 0 Å². The van der Waals surface area contributed by atoms with Crippen LogP contribution in [-0.2, 0) is 6.61 Å². The molecule has 0 bridgehead atoms. The molecular formula is C26H19N3O4. The number of furan rings is 1. The molecule has 1 aromatic heterocycles. The second kappa shape index (κ2) is 9.98. The van der Waals surface area contributed by atoms with Crippen molar-refractivity contribution in [3.05, 3.63) is 114 Å². The maximum atomic E-state index is 12.6. The minimum atomic E-state index is -0.367. The number of ether oxygens (including phenoxy) is 1. The van der Waals surface area contributed by atoms with Crippen LogP contribution >= 0.6 is 0 Å². The summed E-state index contributed by atoms with van der Waals surface area (Å²) in [6.07, 6.45) is 1.43. The van der Waals surface area contributed by atoms with Crippen molar-refractivity contribution < 1.29 is 18.7 Å². The number of benzene rings is 3. The van der Waals surface area contributed by atoms with Crippen LogP contribution in [0.15, 0.2) is 95.6 Å². The number of amides is 2. The van der Waals surface area contributed by atoms with Gasteiger partial charge in [0, 0.05) is 23.0 Å². The third-order valence-electron chi connectivity index (χ3n) is 4.70. The van der Waals surface area contributed by atoms with Crippen molar-refractivity contribution >= 4 is 23.2 Å². The lowest BCUT2D eigenvalue weighted by molar-refractivity contribution is 0.0995. The van der Waals surface area contributed by atoms with Gasteiger partial charge in [-0.25, -0.2) is 0 Å². The number of nitrogens with one attached hydrogen (secondary N) is 2. The van der Waals surface area contributed by atoms with E-state index in [0.717, 1.165) is 5.56 Å². The number of carbonyl (C=O) groups excluding carboxylic acids is 2. The van der Waals surface area contributed by atoms with E-state index in [9.17, 15) is 9.59 Å². The molecular weight excluding hydrogens is 418 g/mol. The number of nitrogens with zero attached hydrogens (tertiary/aromatic N) is 1. The minimum Gasteiger partial charge on any atom is -0.489 e. The fraction of sp³-hybridized carbons (Fsp3) is 0.0385. The molecule has 0 aliphatic rings. The minimum absolute atomic E-state index is 0.205. The largest absolute Gasteiger partial charge is 0.489 e. The molecule has 0 saturated heterocycles. The zero-order valence-corrected chi connectivity index (χ0v) is 17.4. The Kier molecular flexibility index (Phi) is 6.48. The second-order valence-corrected chi connectivity index (χ2v) is 7.09. The Balaban J connectivity index is 1.35. The number of hydrogen-bond donors (Lipinski definition) is 2. The van der Waals surface area contributed by atoms with E-state index in [-0.39, 0.29) is 17.6 Å². The van der Waals surface area contributed by atoms with Gasteiger partial charge in [-0.1, -0.05) is 18.2 Å². The van der Waals surface area contributed by atoms with Crippen LogP contribution in [0.1, 0.15) is 32.0 Å². The van der Waals surface area contributed by atoms with E-state index in [2.05, 4.69) is 16.7 Å². The summed E-state index contributed by atoms with van der Waals surface area (Å²) in [6, 6.07) is 26.1. The normalized spacial score (nSPS) is 10.2. The highest BCUT2D eigenvalue weighted by Crippen LogP contribution is 2.20. The van der Waals surface area contributed by atoms with E-state index >= 15 is 0 Å². The lowest BCUT2D eigenvalue weighted by atomic mass is 10.1. The monoisotopic (exact) mass is 437 g/mol. The van der Waals surface area contributed by atoms with Gasteiger partial charge in [0.05, 0.1) is 17.9 Å². The Hall–Kier alpha value is -4.83. The summed E-state index contributed by atoms with van der Waals surface area (Å²) in [4.78, 5) is 24.6. The van der Waals surface area contributed by atoms with Crippen LogP contribution in [0.25, 0.3) is 0 Å². The topological polar surface area (TPSA) is 104 Å². The van der Waals surface area contributed by atoms with Crippen molar-refractivity contribution in [3.63, 3.8) is 0 Å². The molecule has 7 nitrogen and oxygen atoms in total. The summed E-state index contributed by atoms with van der Waals surface area (Å²) < 4.78 is 10.9. The first-order chi connectivity index (χ1) is 16.1. The van der Waals surface area contributed by atoms with Gasteiger partial charge in [0.2, 0.25) is 0 Å². The van der Waals surface area contributed by atoms with Gasteiger partial charge in [-0.3, -0.25) is 9.59 Å². The predicted molar refractivity (Wildman–Crippen MR) is 123 cm³/mol. The van der Waals surface area contributed by atoms with Crippen molar-refractivity contribution in [1.29, 1.82) is 5.26 Å². The summed E-state index contributed by atoms with van der Waals surface area (Å²) in [5.41, 5.74) is 3.01. The maximum Gasteiger partial charge on any atom is 0.291 e. The first-order valence-electron chi connectivity index (χ1n) is 10.1. The molecule has 4 rings (SSSR count). The molecule has 2 amide bonds. The van der Waals surface area contributed by atoms with Crippen LogP contribution < -0.4 is 15.4 Å². The summed E-state index contributed by atoms with van der Waals surface area (Å²) in [5, 5.41) is 14.5. The number of anilines is 2. The first-order valence-corrected chi connectivity index (χ1v) is 10.1. The highest BCUT2D eigenvalue weighted by molar-refractivity contribution is 6.05. The molecule has 0 unspecified atom stereocenters. The summed E-state index contributed by atoms with van der Waals surface area (Å²) >= 11 is 0. The second-order valence-electron chi connectivity index (χ2n) is 7.09. The van der Waals surface area contributed by atoms with Crippen LogP contribution in [0.2, 0.25) is 0 Å². The van der Waals surface area contributed by atoms with Gasteiger partial charge in [0.25, 0.3) is 11.8 Å². The Morgan fingerprint density at radius 3 is 2.39 bits per heavy atom. The smallest absolute Gasteiger partial charge is 0.291 e. The molecule has 0 aliphatic carbocycles. The van der Waals surface area contributed by atoms with Crippen LogP contribution in [0.3, 0.4) is 0 Å². The number of carbonyl (C=O) groups is 2. The summed E-state index contributed by atoms with van der Waals surface area (Å²) in [6.45, 7) is 0.304. The molecule has 0 fully saturated rings. The van der Waals surface area contributed by atoms with E-state index in [1.165, 1.54) is 6.26 Å². The van der Waals surface area contributed by atoms with E-state index in [1.54, 1.807) is 72.8 Å². The van der Waals surface area contributed by atoms with Gasteiger partial charge in [0.1, 0.15) is 12.4 Å². The molecule has 0 aliphatic heterocycles. The lowest BCUT2D eigenvalue weighted by Crippen LogP contribution is -2.13. The average Bonchev–Trinajstić information content (AvgIpc) is 3.39. The zero-order valence-electron chi connectivity index (χ0n) is 17.4. The molecule has 33 heavy (non-hydrogen) atoms. The highest BCUT2D eigenvalue weighted by Gasteiger charge is 2.10. The molecule has 162 valence electrons. The van der Waals surface area contributed by atoms with Crippen LogP contribution in [0.4, 0.5) is 11.4 Å². The Bertz CT molecular complexity index is 1310. The summed E-state index contributed by atoms with van der Waals surface area (Å²) in [5.74, 6) is 0.133. The fourth-order valence-electron chi connectivity index (χ4n) is 3.07. The molecule has 7 heteroatoms. The van der Waals surface area contributed by atoms with Crippen molar-refractivity contribution in [2.45, 2.75) is 6.61 Å². The molecule has 1 heterocycles. The van der Waals surface area contributed by atoms with E-state index in [0.29, 0.717) is 34.9 Å². The predicted octanol–water partition coefficient (Wildman–Crippen LogP) is 5.23. The molecule has 0 saturated carbocycles. The maximum absolute atomic E-state index is 12.6. The van der Waals surface area contributed by atoms with E-state index in [4.69, 9.17) is 14.4 Å². The zero-order chi connectivity index (χ0) is 23.0. The van der Waals surface area contributed by atoms with E-state index in [1.807, 2.05) is 12.1 Å². The fourth-order valence-corrected chi connectivity index (χ4v) is 3.07. The molecule has 2 N–H and O–H groups in total. The molecule has 0 atom stereocenters. The third kappa shape index (κ3) is 5.66. The van der Waals surface area contributed by atoms with Crippen molar-refractivity contribution in [3.8, 4) is 11.8 Å². The number of nitriles is 1. The van der Waals surface area contributed by atoms with Gasteiger partial charge < -0.3 is 19.8 Å². The molecule has 0 radical (unpaired) electrons. The van der Waals surface area contributed by atoms with Gasteiger partial charge in [-0.05, 0) is 66.2 Å². The van der Waals surface area contributed by atoms with Gasteiger partial charge in [0.15, 0.2) is 5.76 Å². The lowest BCUT2D eigenvalue weighted by Gasteiger charge is -2.10. The first kappa shape index (κ1) is 21.4. The Labute approximate surface area is 190 Å². The average molecular weight is 437 g/mol. The van der Waals surface area contributed by atoms with Crippen LogP contribution in [0.5, 0.6) is 5.75 Å². The Morgan fingerprint density at radius 2 is 1.64 bits per heavy atom. The highest BCUT2D eigenvalue weighted by atomic mass is 16.5. The SMILES string of the molecule is N#Cc1cccc(COc2cccc(NC(=O)c3ccc(NC(=O)c4ccco4)cc3)c2)c1. The van der Waals surface area contributed by atoms with Crippen molar-refractivity contribution in [1.82, 2.24) is 0 Å². The van der Waals surface area contributed by atoms with Gasteiger partial charge in [-0.15, -0.1) is 0 Å². The summed E-state index contributed by atoms with van der Waals surface area (Å²) in [7, 11) is 0. The van der Waals surface area contributed by atoms with Gasteiger partial charge in [-0.2, -0.15) is 5.26 Å². The quantitative estimate of drug-likeness (QED) is 0.412. The van der Waals surface area contributed by atoms with Gasteiger partial charge >= 0.3 is 0 Å². The third-order valence-corrected chi connectivity index (χ3v) is 4.70. The molecule has 3 aromatic carbocycles. The number of hydrogen-bond acceptors (Lipinski definition) is 5. The molecule has 4 aromatic rings. The van der Waals surface area contributed by atoms with Crippen LogP contribution in [0, 0.1) is 11.3 Å². The van der Waals surface area contributed by atoms with Crippen LogP contribution in [-0.4, -0.2) is 11.8 Å². The van der Waals surface area contributed by atoms with E-state index < -0.39 is 0 Å². The standard InChI is InChI=1S/C26H19N3O4/c27-16-18-4-1-5-19(14-18)17-33-23-7-2-6-22(15-23)29-25(30)20-9-11-21(12-10-20)28-26(31)24-8-3-13-32-24/h1-15H,17H2,(H,28,31)(H,29,30). The Morgan fingerprint density at radius 1 is 0.848 bits per heavy atom. The van der Waals surface area contributed by atoms with Crippen molar-refractivity contribution in [2.75, 3.05) is 10.6 Å². The molecule has 0 spiro atoms.